The number of alkyl halides is 15. The lowest BCUT2D eigenvalue weighted by molar-refractivity contribution is -0.144. The third kappa shape index (κ3) is 9.73. The molecule has 5 aromatic carbocycles. The zero-order chi connectivity index (χ0) is 43.3. The predicted octanol–water partition coefficient (Wildman–Crippen LogP) is 12.6. The highest BCUT2D eigenvalue weighted by Gasteiger charge is 2.43. The van der Waals surface area contributed by atoms with E-state index in [1.165, 1.54) is 31.2 Å². The van der Waals surface area contributed by atoms with E-state index in [-0.39, 0.29) is 52.8 Å². The fourth-order valence-electron chi connectivity index (χ4n) is 6.83. The quantitative estimate of drug-likeness (QED) is 0.108. The molecule has 0 spiro atoms. The molecule has 2 atom stereocenters. The summed E-state index contributed by atoms with van der Waals surface area (Å²) in [6, 6.07) is 20.5. The molecule has 6 rings (SSSR count). The van der Waals surface area contributed by atoms with E-state index in [0.717, 1.165) is 12.1 Å². The molecule has 17 heteroatoms. The van der Waals surface area contributed by atoms with Gasteiger partial charge >= 0.3 is 30.9 Å². The zero-order valence-electron chi connectivity index (χ0n) is 29.9. The van der Waals surface area contributed by atoms with Crippen LogP contribution < -0.4 is 26.5 Å². The molecule has 0 saturated carbocycles. The van der Waals surface area contributed by atoms with Gasteiger partial charge < -0.3 is 0 Å². The smallest absolute Gasteiger partial charge is 0.166 e. The van der Waals surface area contributed by atoms with Gasteiger partial charge in [-0.15, -0.1) is 0 Å². The van der Waals surface area contributed by atoms with Gasteiger partial charge in [-0.3, -0.25) is 0 Å². The SMILES string of the molecule is C[C@H](C1=CC=CC1c1ccc(C(F)(F)F)cc1P(c1ccccc1)c1ccccc1)P(c1cc(C(F)(F)F)cc(C(F)(F)F)c1)c1cc(C(F)(F)F)cc(C(F)(F)F)c1. The first-order chi connectivity index (χ1) is 27.3. The molecular weight excluding hydrogens is 851 g/mol. The summed E-state index contributed by atoms with van der Waals surface area (Å²) in [5.41, 5.74) is -9.49. The van der Waals surface area contributed by atoms with E-state index in [1.807, 2.05) is 0 Å². The summed E-state index contributed by atoms with van der Waals surface area (Å²) in [6.45, 7) is 1.25. The molecule has 0 bridgehead atoms. The Morgan fingerprint density at radius 2 is 0.831 bits per heavy atom. The number of hydrogen-bond acceptors (Lipinski definition) is 0. The van der Waals surface area contributed by atoms with E-state index in [1.54, 1.807) is 60.7 Å². The van der Waals surface area contributed by atoms with E-state index in [9.17, 15) is 65.9 Å². The maximum Gasteiger partial charge on any atom is 0.416 e. The Morgan fingerprint density at radius 3 is 1.20 bits per heavy atom. The van der Waals surface area contributed by atoms with Gasteiger partial charge in [-0.1, -0.05) is 97.5 Å². The van der Waals surface area contributed by atoms with Crippen LogP contribution in [-0.2, 0) is 30.9 Å². The normalized spacial score (nSPS) is 15.9. The lowest BCUT2D eigenvalue weighted by atomic mass is 9.91. The highest BCUT2D eigenvalue weighted by Crippen LogP contribution is 2.52. The summed E-state index contributed by atoms with van der Waals surface area (Å²) in [7, 11) is -4.83. The van der Waals surface area contributed by atoms with Crippen molar-refractivity contribution in [1.82, 2.24) is 0 Å². The Kier molecular flexibility index (Phi) is 12.0. The molecule has 0 amide bonds. The first-order valence-corrected chi connectivity index (χ1v) is 20.0. The molecule has 0 heterocycles. The van der Waals surface area contributed by atoms with E-state index in [2.05, 4.69) is 0 Å². The minimum absolute atomic E-state index is 0.116. The maximum atomic E-state index is 14.4. The average Bonchev–Trinajstić information content (AvgIpc) is 3.64. The largest absolute Gasteiger partial charge is 0.416 e. The zero-order valence-corrected chi connectivity index (χ0v) is 31.7. The third-order valence-corrected chi connectivity index (χ3v) is 14.7. The van der Waals surface area contributed by atoms with Crippen LogP contribution in [0.25, 0.3) is 0 Å². The molecule has 0 radical (unpaired) electrons. The summed E-state index contributed by atoms with van der Waals surface area (Å²) >= 11 is 0. The van der Waals surface area contributed by atoms with Gasteiger partial charge in [0.1, 0.15) is 0 Å². The van der Waals surface area contributed by atoms with Crippen LogP contribution >= 0.6 is 15.8 Å². The van der Waals surface area contributed by atoms with Gasteiger partial charge in [0, 0.05) is 11.6 Å². The second kappa shape index (κ2) is 16.1. The molecule has 1 unspecified atom stereocenters. The minimum Gasteiger partial charge on any atom is -0.166 e. The molecule has 0 aliphatic heterocycles. The lowest BCUT2D eigenvalue weighted by Gasteiger charge is -2.33. The fourth-order valence-corrected chi connectivity index (χ4v) is 12.2. The van der Waals surface area contributed by atoms with Gasteiger partial charge in [-0.05, 0) is 96.5 Å². The molecule has 0 aromatic heterocycles. The standard InChI is InChI=1S/C42H27F15P2/c1-24(58(32-19-26(39(46,47)48)17-27(20-32)40(49,50)51)33-21-28(41(52,53)54)18-29(22-33)42(55,56)57)34-13-8-14-35(34)36-16-15-25(38(43,44)45)23-37(36)59(30-9-4-2-5-10-30)31-11-6-3-7-12-31/h2-24,35H,1H3/t24-,35?/m1/s1. The first-order valence-electron chi connectivity index (χ1n) is 17.2. The van der Waals surface area contributed by atoms with Gasteiger partial charge in [-0.25, -0.2) is 0 Å². The van der Waals surface area contributed by atoms with Crippen LogP contribution in [0, 0.1) is 0 Å². The van der Waals surface area contributed by atoms with Gasteiger partial charge in [0.15, 0.2) is 0 Å². The second-order valence-electron chi connectivity index (χ2n) is 13.4. The molecule has 0 saturated heterocycles. The Labute approximate surface area is 329 Å². The van der Waals surface area contributed by atoms with Crippen molar-refractivity contribution in [3.63, 3.8) is 0 Å². The van der Waals surface area contributed by atoms with Crippen molar-refractivity contribution in [3.8, 4) is 0 Å². The van der Waals surface area contributed by atoms with E-state index >= 15 is 0 Å². The molecule has 310 valence electrons. The van der Waals surface area contributed by atoms with Crippen molar-refractivity contribution in [2.75, 3.05) is 0 Å². The molecule has 1 aliphatic rings. The number of allylic oxidation sites excluding steroid dienone is 4. The van der Waals surface area contributed by atoms with Crippen LogP contribution in [0.3, 0.4) is 0 Å². The predicted molar refractivity (Wildman–Crippen MR) is 199 cm³/mol. The molecule has 0 nitrogen and oxygen atoms in total. The van der Waals surface area contributed by atoms with Crippen molar-refractivity contribution in [1.29, 1.82) is 0 Å². The third-order valence-electron chi connectivity index (χ3n) is 9.48. The summed E-state index contributed by atoms with van der Waals surface area (Å²) in [4.78, 5) is 0. The van der Waals surface area contributed by atoms with Gasteiger partial charge in [0.2, 0.25) is 0 Å². The van der Waals surface area contributed by atoms with Crippen LogP contribution in [0.5, 0.6) is 0 Å². The van der Waals surface area contributed by atoms with Crippen LogP contribution in [0.1, 0.15) is 46.2 Å². The van der Waals surface area contributed by atoms with Crippen LogP contribution in [0.4, 0.5) is 65.9 Å². The Bertz CT molecular complexity index is 2170. The first kappa shape index (κ1) is 44.0. The average molecular weight is 879 g/mol. The van der Waals surface area contributed by atoms with Gasteiger partial charge in [-0.2, -0.15) is 65.9 Å². The number of benzene rings is 5. The molecule has 0 N–H and O–H groups in total. The second-order valence-corrected chi connectivity index (χ2v) is 18.1. The Balaban J connectivity index is 1.62. The van der Waals surface area contributed by atoms with Crippen molar-refractivity contribution in [3.05, 3.63) is 172 Å². The number of rotatable bonds is 8. The highest BCUT2D eigenvalue weighted by atomic mass is 31.1. The Morgan fingerprint density at radius 1 is 0.441 bits per heavy atom. The van der Waals surface area contributed by atoms with E-state index in [4.69, 9.17) is 0 Å². The monoisotopic (exact) mass is 878 g/mol. The summed E-state index contributed by atoms with van der Waals surface area (Å²) in [5, 5.41) is -0.314. The highest BCUT2D eigenvalue weighted by molar-refractivity contribution is 7.80. The minimum atomic E-state index is -5.43. The number of hydrogen-bond donors (Lipinski definition) is 0. The molecule has 0 fully saturated rings. The van der Waals surface area contributed by atoms with Crippen molar-refractivity contribution < 1.29 is 65.9 Å². The number of halogens is 15. The summed E-state index contributed by atoms with van der Waals surface area (Å²) in [5.74, 6) is -1.08. The Hall–Kier alpha value is -4.61. The van der Waals surface area contributed by atoms with Crippen molar-refractivity contribution >= 4 is 42.4 Å². The summed E-state index contributed by atoms with van der Waals surface area (Å²) < 4.78 is 213. The lowest BCUT2D eigenvalue weighted by Crippen LogP contribution is -2.29. The van der Waals surface area contributed by atoms with E-state index < -0.39 is 96.7 Å². The van der Waals surface area contributed by atoms with Crippen LogP contribution in [-0.4, -0.2) is 5.66 Å². The molecular formula is C42H27F15P2. The summed E-state index contributed by atoms with van der Waals surface area (Å²) in [6.07, 6.45) is -22.3. The van der Waals surface area contributed by atoms with Crippen LogP contribution in [0.15, 0.2) is 139 Å². The fraction of sp³-hybridized carbons (Fsp3) is 0.190. The molecule has 5 aromatic rings. The topological polar surface area (TPSA) is 0 Å². The van der Waals surface area contributed by atoms with Gasteiger partial charge in [0.05, 0.1) is 27.8 Å². The van der Waals surface area contributed by atoms with E-state index in [0.29, 0.717) is 10.6 Å². The van der Waals surface area contributed by atoms with Gasteiger partial charge in [0.25, 0.3) is 0 Å². The molecule has 1 aliphatic carbocycles. The van der Waals surface area contributed by atoms with Crippen molar-refractivity contribution in [2.24, 2.45) is 0 Å². The maximum absolute atomic E-state index is 14.4. The molecule has 59 heavy (non-hydrogen) atoms. The van der Waals surface area contributed by atoms with Crippen molar-refractivity contribution in [2.45, 2.75) is 49.4 Å². The van der Waals surface area contributed by atoms with Crippen LogP contribution in [0.2, 0.25) is 0 Å².